The highest BCUT2D eigenvalue weighted by atomic mass is 32.2. The summed E-state index contributed by atoms with van der Waals surface area (Å²) < 4.78 is 37.0. The van der Waals surface area contributed by atoms with Crippen molar-refractivity contribution in [3.63, 3.8) is 0 Å². The van der Waals surface area contributed by atoms with E-state index in [-0.39, 0.29) is 34.8 Å². The summed E-state index contributed by atoms with van der Waals surface area (Å²) in [4.78, 5) is 14.2. The molecule has 1 fully saturated rings. The Kier molecular flexibility index (Phi) is 5.17. The van der Waals surface area contributed by atoms with E-state index in [0.29, 0.717) is 18.8 Å². The number of nitrogens with one attached hydrogen (secondary N) is 1. The van der Waals surface area contributed by atoms with E-state index in [9.17, 15) is 17.6 Å². The zero-order valence-electron chi connectivity index (χ0n) is 14.2. The largest absolute Gasteiger partial charge is 0.336 e. The number of rotatable bonds is 5. The van der Waals surface area contributed by atoms with E-state index in [2.05, 4.69) is 15.5 Å². The van der Waals surface area contributed by atoms with Crippen LogP contribution < -0.4 is 5.32 Å². The molecule has 7 nitrogen and oxygen atoms in total. The first-order valence-corrected chi connectivity index (χ1v) is 10.1. The van der Waals surface area contributed by atoms with E-state index in [1.165, 1.54) is 23.1 Å². The van der Waals surface area contributed by atoms with Crippen LogP contribution in [0.5, 0.6) is 0 Å². The van der Waals surface area contributed by atoms with Gasteiger partial charge in [0.1, 0.15) is 5.82 Å². The maximum absolute atomic E-state index is 13.6. The molecule has 1 saturated heterocycles. The molecule has 1 aliphatic rings. The van der Waals surface area contributed by atoms with E-state index >= 15 is 0 Å². The Morgan fingerprint density at radius 2 is 2.04 bits per heavy atom. The average molecular weight is 378 g/mol. The second-order valence-corrected chi connectivity index (χ2v) is 8.29. The minimum atomic E-state index is -3.09. The van der Waals surface area contributed by atoms with Crippen molar-refractivity contribution in [2.75, 3.05) is 23.4 Å². The first-order chi connectivity index (χ1) is 12.4. The predicted molar refractivity (Wildman–Crippen MR) is 95.5 cm³/mol. The van der Waals surface area contributed by atoms with Crippen molar-refractivity contribution in [2.45, 2.75) is 19.4 Å². The summed E-state index contributed by atoms with van der Waals surface area (Å²) in [5.74, 6) is -0.405. The molecule has 1 aromatic carbocycles. The van der Waals surface area contributed by atoms with E-state index in [1.807, 2.05) is 0 Å². The summed E-state index contributed by atoms with van der Waals surface area (Å²) in [6.07, 6.45) is 0.433. The molecule has 1 N–H and O–H groups in total. The van der Waals surface area contributed by atoms with Crippen LogP contribution >= 0.6 is 0 Å². The molecule has 138 valence electrons. The lowest BCUT2D eigenvalue weighted by Crippen LogP contribution is -2.41. The van der Waals surface area contributed by atoms with Crippen molar-refractivity contribution in [2.24, 2.45) is 0 Å². The fraction of sp³-hybridized carbons (Fsp3) is 0.353. The number of benzene rings is 1. The molecule has 1 unspecified atom stereocenters. The standard InChI is InChI=1S/C17H19FN4O3S/c1-2-22(12-9-10-26(24,25)11-12)17(23)15-7-8-16(21-20-15)19-14-6-4-3-5-13(14)18/h3-8,12H,2,9-11H2,1H3,(H,19,21). The number of sulfone groups is 1. The second kappa shape index (κ2) is 7.36. The monoisotopic (exact) mass is 378 g/mol. The fourth-order valence-electron chi connectivity index (χ4n) is 2.95. The molecule has 0 spiro atoms. The summed E-state index contributed by atoms with van der Waals surface area (Å²) in [5.41, 5.74) is 0.377. The van der Waals surface area contributed by atoms with Crippen molar-refractivity contribution in [3.8, 4) is 0 Å². The van der Waals surface area contributed by atoms with Gasteiger partial charge in [-0.1, -0.05) is 12.1 Å². The molecular formula is C17H19FN4O3S. The lowest BCUT2D eigenvalue weighted by molar-refractivity contribution is 0.0701. The molecule has 26 heavy (non-hydrogen) atoms. The Morgan fingerprint density at radius 1 is 1.27 bits per heavy atom. The quantitative estimate of drug-likeness (QED) is 0.856. The number of anilines is 2. The van der Waals surface area contributed by atoms with Crippen LogP contribution in [-0.4, -0.2) is 53.5 Å². The van der Waals surface area contributed by atoms with Crippen LogP contribution in [0.15, 0.2) is 36.4 Å². The molecule has 0 saturated carbocycles. The lowest BCUT2D eigenvalue weighted by Gasteiger charge is -2.26. The molecule has 0 radical (unpaired) electrons. The van der Waals surface area contributed by atoms with Crippen LogP contribution in [0.3, 0.4) is 0 Å². The van der Waals surface area contributed by atoms with Crippen LogP contribution in [0.4, 0.5) is 15.9 Å². The van der Waals surface area contributed by atoms with Crippen molar-refractivity contribution in [3.05, 3.63) is 47.9 Å². The Morgan fingerprint density at radius 3 is 2.62 bits per heavy atom. The van der Waals surface area contributed by atoms with Gasteiger partial charge in [-0.25, -0.2) is 12.8 Å². The van der Waals surface area contributed by atoms with Crippen molar-refractivity contribution < 1.29 is 17.6 Å². The number of aromatic nitrogens is 2. The van der Waals surface area contributed by atoms with Crippen LogP contribution in [0.1, 0.15) is 23.8 Å². The number of nitrogens with zero attached hydrogens (tertiary/aromatic N) is 3. The maximum atomic E-state index is 13.6. The van der Waals surface area contributed by atoms with E-state index in [0.717, 1.165) is 0 Å². The minimum absolute atomic E-state index is 0.0209. The lowest BCUT2D eigenvalue weighted by atomic mass is 10.2. The van der Waals surface area contributed by atoms with Crippen LogP contribution in [0.2, 0.25) is 0 Å². The molecule has 1 amide bonds. The summed E-state index contributed by atoms with van der Waals surface area (Å²) >= 11 is 0. The van der Waals surface area contributed by atoms with Crippen LogP contribution in [-0.2, 0) is 9.84 Å². The van der Waals surface area contributed by atoms with Gasteiger partial charge in [-0.15, -0.1) is 10.2 Å². The average Bonchev–Trinajstić information content (AvgIpc) is 2.98. The van der Waals surface area contributed by atoms with Gasteiger partial charge in [-0.2, -0.15) is 0 Å². The van der Waals surface area contributed by atoms with Crippen molar-refractivity contribution in [1.82, 2.24) is 15.1 Å². The predicted octanol–water partition coefficient (Wildman–Crippen LogP) is 2.01. The molecular weight excluding hydrogens is 359 g/mol. The van der Waals surface area contributed by atoms with Gasteiger partial charge in [-0.3, -0.25) is 4.79 Å². The Hall–Kier alpha value is -2.55. The number of para-hydroxylation sites is 1. The minimum Gasteiger partial charge on any atom is -0.336 e. The van der Waals surface area contributed by atoms with Gasteiger partial charge in [0.25, 0.3) is 5.91 Å². The summed E-state index contributed by atoms with van der Waals surface area (Å²) in [7, 11) is -3.09. The van der Waals surface area contributed by atoms with E-state index < -0.39 is 15.7 Å². The maximum Gasteiger partial charge on any atom is 0.274 e. The zero-order chi connectivity index (χ0) is 18.7. The first kappa shape index (κ1) is 18.2. The molecule has 0 bridgehead atoms. The molecule has 1 aromatic heterocycles. The third-order valence-corrected chi connectivity index (χ3v) is 6.02. The van der Waals surface area contributed by atoms with Gasteiger partial charge in [0.05, 0.1) is 17.2 Å². The highest BCUT2D eigenvalue weighted by Gasteiger charge is 2.34. The first-order valence-electron chi connectivity index (χ1n) is 8.26. The molecule has 2 aromatic rings. The zero-order valence-corrected chi connectivity index (χ0v) is 15.0. The molecule has 0 aliphatic carbocycles. The molecule has 2 heterocycles. The van der Waals surface area contributed by atoms with Gasteiger partial charge in [0, 0.05) is 12.6 Å². The summed E-state index contributed by atoms with van der Waals surface area (Å²) in [6.45, 7) is 2.18. The number of hydrogen-bond donors (Lipinski definition) is 1. The third kappa shape index (κ3) is 3.98. The normalized spacial score (nSPS) is 18.5. The highest BCUT2D eigenvalue weighted by Crippen LogP contribution is 2.20. The van der Waals surface area contributed by atoms with Crippen LogP contribution in [0, 0.1) is 5.82 Å². The van der Waals surface area contributed by atoms with E-state index in [4.69, 9.17) is 0 Å². The number of hydrogen-bond acceptors (Lipinski definition) is 6. The van der Waals surface area contributed by atoms with Gasteiger partial charge >= 0.3 is 0 Å². The van der Waals surface area contributed by atoms with Gasteiger partial charge < -0.3 is 10.2 Å². The Balaban J connectivity index is 1.73. The third-order valence-electron chi connectivity index (χ3n) is 4.27. The number of carbonyl (C=O) groups is 1. The molecule has 3 rings (SSSR count). The fourth-order valence-corrected chi connectivity index (χ4v) is 4.68. The van der Waals surface area contributed by atoms with Gasteiger partial charge in [0.15, 0.2) is 21.3 Å². The smallest absolute Gasteiger partial charge is 0.274 e. The number of carbonyl (C=O) groups excluding carboxylic acids is 1. The molecule has 1 atom stereocenters. The van der Waals surface area contributed by atoms with Crippen LogP contribution in [0.25, 0.3) is 0 Å². The van der Waals surface area contributed by atoms with Gasteiger partial charge in [0.2, 0.25) is 0 Å². The Bertz CT molecular complexity index is 902. The summed E-state index contributed by atoms with van der Waals surface area (Å²) in [5, 5.41) is 10.6. The highest BCUT2D eigenvalue weighted by molar-refractivity contribution is 7.91. The second-order valence-electron chi connectivity index (χ2n) is 6.06. The van der Waals surface area contributed by atoms with E-state index in [1.54, 1.807) is 25.1 Å². The number of amides is 1. The molecule has 9 heteroatoms. The topological polar surface area (TPSA) is 92.3 Å². The SMILES string of the molecule is CCN(C(=O)c1ccc(Nc2ccccc2F)nn1)C1CCS(=O)(=O)C1. The number of halogens is 1. The Labute approximate surface area is 151 Å². The van der Waals surface area contributed by atoms with Crippen molar-refractivity contribution in [1.29, 1.82) is 0 Å². The molecule has 1 aliphatic heterocycles. The van der Waals surface area contributed by atoms with Crippen molar-refractivity contribution >= 4 is 27.2 Å². The summed E-state index contributed by atoms with van der Waals surface area (Å²) in [6, 6.07) is 8.84. The van der Waals surface area contributed by atoms with Gasteiger partial charge in [-0.05, 0) is 37.6 Å².